The zero-order valence-corrected chi connectivity index (χ0v) is 23.0. The van der Waals surface area contributed by atoms with Gasteiger partial charge in [0.05, 0.1) is 22.8 Å². The fourth-order valence-electron chi connectivity index (χ4n) is 6.39. The van der Waals surface area contributed by atoms with Crippen molar-refractivity contribution in [3.05, 3.63) is 129 Å². The van der Waals surface area contributed by atoms with E-state index in [1.165, 1.54) is 0 Å². The third-order valence-corrected chi connectivity index (χ3v) is 8.63. The van der Waals surface area contributed by atoms with Crippen LogP contribution in [0.2, 0.25) is 0 Å². The molecule has 0 aliphatic carbocycles. The third kappa shape index (κ3) is 3.39. The van der Waals surface area contributed by atoms with Crippen LogP contribution in [-0.2, 0) is 10.8 Å². The first-order chi connectivity index (χ1) is 19.2. The van der Waals surface area contributed by atoms with E-state index in [4.69, 9.17) is 9.98 Å². The predicted molar refractivity (Wildman–Crippen MR) is 164 cm³/mol. The SMILES string of the molecule is CC1(C)C2=N/C(=C\c3cccc(c3O)C(C)(C)C3=N/C(=C\c4cccc1c4O)c1ccccc13)c1ccccc12. The number of hydrogen-bond acceptors (Lipinski definition) is 4. The molecule has 0 unspecified atom stereocenters. The molecule has 7 rings (SSSR count). The molecule has 196 valence electrons. The normalized spacial score (nSPS) is 20.3. The molecular weight excluding hydrogens is 492 g/mol. The van der Waals surface area contributed by atoms with Crippen LogP contribution in [0.1, 0.15) is 72.2 Å². The largest absolute Gasteiger partial charge is 0.507 e. The van der Waals surface area contributed by atoms with Crippen LogP contribution >= 0.6 is 0 Å². The summed E-state index contributed by atoms with van der Waals surface area (Å²) < 4.78 is 0. The predicted octanol–water partition coefficient (Wildman–Crippen LogP) is 7.97. The van der Waals surface area contributed by atoms with Gasteiger partial charge < -0.3 is 10.2 Å². The molecule has 0 aromatic heterocycles. The number of hydrogen-bond donors (Lipinski definition) is 2. The van der Waals surface area contributed by atoms with Crippen molar-refractivity contribution in [2.45, 2.75) is 38.5 Å². The van der Waals surface area contributed by atoms with E-state index >= 15 is 0 Å². The zero-order valence-electron chi connectivity index (χ0n) is 23.0. The Balaban J connectivity index is 1.59. The molecule has 0 radical (unpaired) electrons. The number of phenolic OH excluding ortho intramolecular Hbond substituents is 2. The molecule has 0 amide bonds. The van der Waals surface area contributed by atoms with Crippen molar-refractivity contribution in [2.24, 2.45) is 9.98 Å². The van der Waals surface area contributed by atoms with E-state index in [-0.39, 0.29) is 11.5 Å². The number of rotatable bonds is 0. The summed E-state index contributed by atoms with van der Waals surface area (Å²) in [7, 11) is 0. The van der Waals surface area contributed by atoms with Gasteiger partial charge in [0, 0.05) is 55.3 Å². The molecule has 3 aliphatic rings. The number of phenols is 2. The number of aliphatic imine (C=N–C) groups is 2. The molecule has 3 aliphatic heterocycles. The first-order valence-electron chi connectivity index (χ1n) is 13.6. The van der Waals surface area contributed by atoms with E-state index in [1.54, 1.807) is 0 Å². The van der Waals surface area contributed by atoms with Crippen LogP contribution in [0.15, 0.2) is 94.9 Å². The number of fused-ring (bicyclic) bond motifs is 12. The lowest BCUT2D eigenvalue weighted by atomic mass is 9.76. The molecule has 0 saturated heterocycles. The van der Waals surface area contributed by atoms with Crippen LogP contribution in [0.5, 0.6) is 11.5 Å². The molecule has 4 heteroatoms. The number of benzene rings is 4. The van der Waals surface area contributed by atoms with Gasteiger partial charge in [-0.05, 0) is 39.8 Å². The second-order valence-electron chi connectivity index (χ2n) is 11.8. The molecule has 4 aromatic rings. The van der Waals surface area contributed by atoms with Gasteiger partial charge in [0.25, 0.3) is 0 Å². The second kappa shape index (κ2) is 8.40. The molecule has 4 nitrogen and oxygen atoms in total. The smallest absolute Gasteiger partial charge is 0.127 e. The van der Waals surface area contributed by atoms with Crippen molar-refractivity contribution < 1.29 is 10.2 Å². The van der Waals surface area contributed by atoms with E-state index in [0.29, 0.717) is 11.1 Å². The highest BCUT2D eigenvalue weighted by Crippen LogP contribution is 2.46. The average Bonchev–Trinajstić information content (AvgIpc) is 3.50. The van der Waals surface area contributed by atoms with Crippen LogP contribution in [0.25, 0.3) is 23.5 Å². The summed E-state index contributed by atoms with van der Waals surface area (Å²) in [6.07, 6.45) is 3.93. The minimum absolute atomic E-state index is 0.230. The van der Waals surface area contributed by atoms with Gasteiger partial charge in [-0.3, -0.25) is 9.98 Å². The Labute approximate surface area is 234 Å². The standard InChI is InChI=1S/C36H30N2O2/c1-35(2)27-17-9-11-21(31(27)39)19-30-24-14-6-8-16-26(24)34(38-30)36(3,4)28-18-10-12-22(32(28)40)20-29-23-13-5-7-15-25(23)33(35)37-29/h5-20,39-40H,1-4H3/b29-20-,30-19-. The Morgan fingerprint density at radius 3 is 1.25 bits per heavy atom. The highest BCUT2D eigenvalue weighted by Gasteiger charge is 2.38. The third-order valence-electron chi connectivity index (χ3n) is 8.63. The molecule has 40 heavy (non-hydrogen) atoms. The second-order valence-corrected chi connectivity index (χ2v) is 11.8. The van der Waals surface area contributed by atoms with Gasteiger partial charge in [-0.15, -0.1) is 0 Å². The van der Waals surface area contributed by atoms with Crippen molar-refractivity contribution in [2.75, 3.05) is 0 Å². The molecular formula is C36H30N2O2. The van der Waals surface area contributed by atoms with Crippen LogP contribution < -0.4 is 0 Å². The minimum Gasteiger partial charge on any atom is -0.507 e. The van der Waals surface area contributed by atoms with E-state index in [9.17, 15) is 10.2 Å². The van der Waals surface area contributed by atoms with Crippen molar-refractivity contribution in [3.63, 3.8) is 0 Å². The number of para-hydroxylation sites is 2. The Kier molecular flexibility index (Phi) is 5.11. The molecule has 8 bridgehead atoms. The van der Waals surface area contributed by atoms with Gasteiger partial charge in [0.1, 0.15) is 11.5 Å². The van der Waals surface area contributed by atoms with Crippen LogP contribution in [0, 0.1) is 0 Å². The van der Waals surface area contributed by atoms with Crippen molar-refractivity contribution in [1.82, 2.24) is 0 Å². The maximum Gasteiger partial charge on any atom is 0.127 e. The summed E-state index contributed by atoms with van der Waals surface area (Å²) in [6, 6.07) is 28.1. The summed E-state index contributed by atoms with van der Waals surface area (Å²) in [5.41, 5.74) is 9.21. The molecule has 3 heterocycles. The minimum atomic E-state index is -0.602. The van der Waals surface area contributed by atoms with Gasteiger partial charge in [-0.2, -0.15) is 0 Å². The van der Waals surface area contributed by atoms with E-state index < -0.39 is 10.8 Å². The van der Waals surface area contributed by atoms with Gasteiger partial charge >= 0.3 is 0 Å². The molecule has 4 aromatic carbocycles. The highest BCUT2D eigenvalue weighted by atomic mass is 16.3. The summed E-state index contributed by atoms with van der Waals surface area (Å²) >= 11 is 0. The zero-order chi connectivity index (χ0) is 27.8. The Morgan fingerprint density at radius 2 is 0.850 bits per heavy atom. The average molecular weight is 523 g/mol. The first-order valence-corrected chi connectivity index (χ1v) is 13.6. The van der Waals surface area contributed by atoms with Crippen molar-refractivity contribution in [1.29, 1.82) is 0 Å². The van der Waals surface area contributed by atoms with E-state index in [0.717, 1.165) is 56.2 Å². The monoisotopic (exact) mass is 522 g/mol. The molecule has 0 saturated carbocycles. The molecule has 0 atom stereocenters. The fourth-order valence-corrected chi connectivity index (χ4v) is 6.39. The van der Waals surface area contributed by atoms with Gasteiger partial charge in [-0.1, -0.05) is 84.9 Å². The van der Waals surface area contributed by atoms with E-state index in [2.05, 4.69) is 52.0 Å². The summed E-state index contributed by atoms with van der Waals surface area (Å²) in [5.74, 6) is 0.459. The Morgan fingerprint density at radius 1 is 0.475 bits per heavy atom. The fraction of sp³-hybridized carbons (Fsp3) is 0.167. The van der Waals surface area contributed by atoms with Crippen molar-refractivity contribution in [3.8, 4) is 11.5 Å². The van der Waals surface area contributed by atoms with Crippen molar-refractivity contribution >= 4 is 35.0 Å². The first kappa shape index (κ1) is 24.3. The van der Waals surface area contributed by atoms with Crippen LogP contribution in [0.4, 0.5) is 0 Å². The number of aromatic hydroxyl groups is 2. The lowest BCUT2D eigenvalue weighted by Gasteiger charge is -2.28. The lowest BCUT2D eigenvalue weighted by molar-refractivity contribution is 0.457. The highest BCUT2D eigenvalue weighted by molar-refractivity contribution is 6.19. The van der Waals surface area contributed by atoms with Crippen LogP contribution in [-0.4, -0.2) is 21.6 Å². The summed E-state index contributed by atoms with van der Waals surface area (Å²) in [6.45, 7) is 8.40. The topological polar surface area (TPSA) is 65.2 Å². The number of nitrogens with zero attached hydrogens (tertiary/aromatic N) is 2. The maximum absolute atomic E-state index is 11.7. The molecule has 2 N–H and O–H groups in total. The van der Waals surface area contributed by atoms with Gasteiger partial charge in [0.2, 0.25) is 0 Å². The summed E-state index contributed by atoms with van der Waals surface area (Å²) in [4.78, 5) is 10.3. The van der Waals surface area contributed by atoms with Gasteiger partial charge in [0.15, 0.2) is 0 Å². The lowest BCUT2D eigenvalue weighted by Crippen LogP contribution is -2.29. The molecule has 0 fully saturated rings. The van der Waals surface area contributed by atoms with E-state index in [1.807, 2.05) is 72.8 Å². The summed E-state index contributed by atoms with van der Waals surface area (Å²) in [5, 5.41) is 23.4. The molecule has 0 spiro atoms. The van der Waals surface area contributed by atoms with Gasteiger partial charge in [-0.25, -0.2) is 0 Å². The maximum atomic E-state index is 11.7. The quantitative estimate of drug-likeness (QED) is 0.246. The Bertz CT molecular complexity index is 1730. The Hall–Kier alpha value is -4.70. The van der Waals surface area contributed by atoms with Crippen LogP contribution in [0.3, 0.4) is 0 Å².